The number of thioether (sulfide) groups is 2. The molecular formula is C12H22N2OS2. The van der Waals surface area contributed by atoms with Gasteiger partial charge in [0.1, 0.15) is 4.38 Å². The van der Waals surface area contributed by atoms with E-state index in [0.29, 0.717) is 0 Å². The fourth-order valence-corrected chi connectivity index (χ4v) is 5.21. The molecule has 1 heterocycles. The summed E-state index contributed by atoms with van der Waals surface area (Å²) in [5, 5.41) is 3.21. The van der Waals surface area contributed by atoms with Crippen molar-refractivity contribution < 1.29 is 0 Å². The van der Waals surface area contributed by atoms with Crippen LogP contribution < -0.4 is 0 Å². The molecule has 5 heteroatoms. The molecule has 1 aliphatic heterocycles. The normalized spacial score (nSPS) is 25.4. The Hall–Kier alpha value is -0.0300. The van der Waals surface area contributed by atoms with Crippen LogP contribution in [-0.4, -0.2) is 21.5 Å². The molecule has 0 aromatic rings. The van der Waals surface area contributed by atoms with Gasteiger partial charge in [0.05, 0.1) is 4.75 Å². The highest BCUT2D eigenvalue weighted by molar-refractivity contribution is 8.42. The van der Waals surface area contributed by atoms with E-state index in [-0.39, 0.29) is 10.1 Å². The van der Waals surface area contributed by atoms with Gasteiger partial charge in [0.25, 0.3) is 0 Å². The van der Waals surface area contributed by atoms with Gasteiger partial charge in [0.2, 0.25) is 0 Å². The van der Waals surface area contributed by atoms with Crippen molar-refractivity contribution in [2.75, 3.05) is 7.05 Å². The molecule has 3 nitrogen and oxygen atoms in total. The van der Waals surface area contributed by atoms with Crippen LogP contribution in [-0.2, 0) is 0 Å². The van der Waals surface area contributed by atoms with E-state index in [9.17, 15) is 4.91 Å². The van der Waals surface area contributed by atoms with E-state index in [0.717, 1.165) is 17.2 Å². The molecule has 1 aliphatic rings. The van der Waals surface area contributed by atoms with Gasteiger partial charge in [0, 0.05) is 7.05 Å². The Morgan fingerprint density at radius 3 is 2.24 bits per heavy atom. The summed E-state index contributed by atoms with van der Waals surface area (Å²) in [7, 11) is 1.80. The maximum Gasteiger partial charge on any atom is 0.158 e. The molecule has 0 aliphatic carbocycles. The summed E-state index contributed by atoms with van der Waals surface area (Å²) in [5.41, 5.74) is 0. The van der Waals surface area contributed by atoms with Crippen LogP contribution in [0.15, 0.2) is 10.2 Å². The van der Waals surface area contributed by atoms with E-state index < -0.39 is 0 Å². The van der Waals surface area contributed by atoms with Crippen LogP contribution in [0, 0.1) is 4.91 Å². The third-order valence-corrected chi connectivity index (χ3v) is 6.37. The lowest BCUT2D eigenvalue weighted by atomic mass is 9.94. The largest absolute Gasteiger partial charge is 0.275 e. The van der Waals surface area contributed by atoms with E-state index >= 15 is 0 Å². The molecule has 0 aromatic carbocycles. The van der Waals surface area contributed by atoms with Gasteiger partial charge in [-0.25, -0.2) is 0 Å². The number of hydrogen-bond donors (Lipinski definition) is 0. The van der Waals surface area contributed by atoms with E-state index in [1.807, 2.05) is 0 Å². The Morgan fingerprint density at radius 2 is 1.82 bits per heavy atom. The van der Waals surface area contributed by atoms with Crippen LogP contribution >= 0.6 is 23.5 Å². The monoisotopic (exact) mass is 274 g/mol. The molecule has 0 N–H and O–H groups in total. The van der Waals surface area contributed by atoms with Crippen molar-refractivity contribution in [3.8, 4) is 0 Å². The first-order valence-electron chi connectivity index (χ1n) is 6.37. The maximum absolute atomic E-state index is 11.1. The first kappa shape index (κ1) is 15.0. The van der Waals surface area contributed by atoms with Crippen LogP contribution in [0.25, 0.3) is 0 Å². The van der Waals surface area contributed by atoms with Gasteiger partial charge < -0.3 is 0 Å². The summed E-state index contributed by atoms with van der Waals surface area (Å²) in [6.07, 6.45) is 6.83. The lowest BCUT2D eigenvalue weighted by molar-refractivity contribution is 0.458. The summed E-state index contributed by atoms with van der Waals surface area (Å²) in [6, 6.07) is 0. The summed E-state index contributed by atoms with van der Waals surface area (Å²) < 4.78 is 1.04. The van der Waals surface area contributed by atoms with Crippen molar-refractivity contribution in [3.05, 3.63) is 4.91 Å². The number of hydrogen-bond acceptors (Lipinski definition) is 5. The molecule has 1 atom stereocenters. The zero-order valence-corrected chi connectivity index (χ0v) is 12.6. The highest BCUT2D eigenvalue weighted by Gasteiger charge is 2.47. The Labute approximate surface area is 113 Å². The molecule has 0 radical (unpaired) electrons. The molecule has 1 fully saturated rings. The quantitative estimate of drug-likeness (QED) is 0.634. The molecule has 0 saturated carbocycles. The Balaban J connectivity index is 2.81. The van der Waals surface area contributed by atoms with Gasteiger partial charge in [-0.15, -0.1) is 4.91 Å². The zero-order valence-electron chi connectivity index (χ0n) is 10.9. The molecule has 0 aromatic heterocycles. The maximum atomic E-state index is 11.1. The molecule has 1 unspecified atom stereocenters. The number of nitroso groups, excluding NO2 is 1. The third kappa shape index (κ3) is 3.71. The van der Waals surface area contributed by atoms with Gasteiger partial charge in [-0.05, 0) is 12.8 Å². The molecule has 0 spiro atoms. The highest BCUT2D eigenvalue weighted by Crippen LogP contribution is 2.53. The van der Waals surface area contributed by atoms with Gasteiger partial charge in [-0.2, -0.15) is 0 Å². The van der Waals surface area contributed by atoms with Crippen molar-refractivity contribution in [3.63, 3.8) is 0 Å². The molecule has 1 saturated heterocycles. The van der Waals surface area contributed by atoms with Gasteiger partial charge in [-0.3, -0.25) is 4.99 Å². The van der Waals surface area contributed by atoms with Crippen molar-refractivity contribution in [1.29, 1.82) is 0 Å². The Kier molecular flexibility index (Phi) is 6.55. The molecule has 1 rings (SSSR count). The second kappa shape index (κ2) is 7.41. The van der Waals surface area contributed by atoms with Crippen molar-refractivity contribution in [2.24, 2.45) is 10.2 Å². The number of aliphatic imine (C=N–C) groups is 1. The minimum absolute atomic E-state index is 0.00722. The summed E-state index contributed by atoms with van der Waals surface area (Å²) in [6.45, 7) is 4.39. The smallest absolute Gasteiger partial charge is 0.158 e. The zero-order chi connectivity index (χ0) is 12.7. The highest BCUT2D eigenvalue weighted by atomic mass is 32.2. The summed E-state index contributed by atoms with van der Waals surface area (Å²) >= 11 is 3.34. The van der Waals surface area contributed by atoms with E-state index in [2.05, 4.69) is 24.0 Å². The van der Waals surface area contributed by atoms with Crippen LogP contribution in [0.5, 0.6) is 0 Å². The lowest BCUT2D eigenvalue weighted by Crippen LogP contribution is -2.32. The molecule has 17 heavy (non-hydrogen) atoms. The second-order valence-corrected chi connectivity index (χ2v) is 7.17. The minimum Gasteiger partial charge on any atom is -0.275 e. The summed E-state index contributed by atoms with van der Waals surface area (Å²) in [5.74, 6) is 0. The molecule has 0 amide bonds. The average Bonchev–Trinajstić information content (AvgIpc) is 2.72. The molecule has 98 valence electrons. The van der Waals surface area contributed by atoms with E-state index in [1.165, 1.54) is 25.7 Å². The third-order valence-electron chi connectivity index (χ3n) is 3.14. The van der Waals surface area contributed by atoms with E-state index in [4.69, 9.17) is 0 Å². The molecular weight excluding hydrogens is 252 g/mol. The summed E-state index contributed by atoms with van der Waals surface area (Å²) in [4.78, 5) is 15.3. The topological polar surface area (TPSA) is 41.8 Å². The number of nitrogens with zero attached hydrogens (tertiary/aromatic N) is 2. The van der Waals surface area contributed by atoms with Crippen LogP contribution in [0.2, 0.25) is 0 Å². The second-order valence-electron chi connectivity index (χ2n) is 4.44. The number of unbranched alkanes of at least 4 members (excludes halogenated alkanes) is 2. The predicted octanol–water partition coefficient (Wildman–Crippen LogP) is 4.66. The first-order chi connectivity index (χ1) is 8.22. The fourth-order valence-electron chi connectivity index (χ4n) is 2.09. The van der Waals surface area contributed by atoms with Crippen molar-refractivity contribution in [1.82, 2.24) is 0 Å². The fraction of sp³-hybridized carbons (Fsp3) is 0.917. The van der Waals surface area contributed by atoms with Gasteiger partial charge in [0.15, 0.2) is 5.37 Å². The first-order valence-corrected chi connectivity index (χ1v) is 8.07. The predicted molar refractivity (Wildman–Crippen MR) is 79.9 cm³/mol. The van der Waals surface area contributed by atoms with Gasteiger partial charge in [-0.1, -0.05) is 68.2 Å². The van der Waals surface area contributed by atoms with Crippen molar-refractivity contribution >= 4 is 27.9 Å². The van der Waals surface area contributed by atoms with Crippen LogP contribution in [0.1, 0.15) is 52.4 Å². The number of rotatable bonds is 7. The van der Waals surface area contributed by atoms with E-state index in [1.54, 1.807) is 30.6 Å². The van der Waals surface area contributed by atoms with Crippen LogP contribution in [0.4, 0.5) is 0 Å². The standard InChI is InChI=1S/C12H22N2OS2/c1-4-6-8-12(9-7-5-2)10(14-15)16-11(13-3)17-12/h10H,4-9H2,1-3H3. The average molecular weight is 274 g/mol. The Morgan fingerprint density at radius 1 is 1.24 bits per heavy atom. The SMILES string of the molecule is CCCCC1(CCCC)SC(=NC)SC1N=O. The van der Waals surface area contributed by atoms with Crippen LogP contribution in [0.3, 0.4) is 0 Å². The van der Waals surface area contributed by atoms with Gasteiger partial charge >= 0.3 is 0 Å². The minimum atomic E-state index is -0.149. The van der Waals surface area contributed by atoms with Crippen molar-refractivity contribution in [2.45, 2.75) is 62.5 Å². The molecule has 0 bridgehead atoms. The Bertz CT molecular complexity index is 274. The lowest BCUT2D eigenvalue weighted by Gasteiger charge is -2.29.